The van der Waals surface area contributed by atoms with E-state index in [2.05, 4.69) is 17.6 Å². The predicted molar refractivity (Wildman–Crippen MR) is 80.5 cm³/mol. The van der Waals surface area contributed by atoms with Crippen LogP contribution in [0.2, 0.25) is 0 Å². The quantitative estimate of drug-likeness (QED) is 0.702. The fourth-order valence-electron chi connectivity index (χ4n) is 2.85. The number of hydrogen-bond donors (Lipinski definition) is 2. The van der Waals surface area contributed by atoms with Crippen molar-refractivity contribution < 1.29 is 14.4 Å². The minimum absolute atomic E-state index is 0.0278. The van der Waals surface area contributed by atoms with Gasteiger partial charge in [-0.3, -0.25) is 14.4 Å². The zero-order valence-corrected chi connectivity index (χ0v) is 13.3. The van der Waals surface area contributed by atoms with Crippen LogP contribution in [0.3, 0.4) is 0 Å². The number of carbonyl (C=O) groups excluding carboxylic acids is 3. The Bertz CT molecular complexity index is 384. The van der Waals surface area contributed by atoms with Gasteiger partial charge in [-0.2, -0.15) is 0 Å². The van der Waals surface area contributed by atoms with E-state index in [1.807, 2.05) is 4.90 Å². The Kier molecular flexibility index (Phi) is 7.19. The van der Waals surface area contributed by atoms with Gasteiger partial charge >= 0.3 is 0 Å². The van der Waals surface area contributed by atoms with Crippen molar-refractivity contribution in [2.75, 3.05) is 26.2 Å². The van der Waals surface area contributed by atoms with E-state index in [-0.39, 0.29) is 17.7 Å². The van der Waals surface area contributed by atoms with Crippen molar-refractivity contribution >= 4 is 17.7 Å². The number of rotatable bonds is 6. The Morgan fingerprint density at radius 3 is 2.33 bits per heavy atom. The standard InChI is InChI=1S/C15H27N3O3/c1-4-13-10-18(12(3)20)8-5-14(13)9-15(21)17-7-6-16-11(2)19/h13-14H,4-10H2,1-3H3,(H,16,19)(H,17,21)/t13-,14-/m0/s1. The topological polar surface area (TPSA) is 78.5 Å². The predicted octanol–water partition coefficient (Wildman–Crippen LogP) is 0.523. The van der Waals surface area contributed by atoms with E-state index in [0.717, 1.165) is 25.9 Å². The van der Waals surface area contributed by atoms with Gasteiger partial charge in [-0.05, 0) is 18.3 Å². The molecule has 21 heavy (non-hydrogen) atoms. The van der Waals surface area contributed by atoms with Crippen molar-refractivity contribution in [3.8, 4) is 0 Å². The van der Waals surface area contributed by atoms with Crippen LogP contribution in [0.4, 0.5) is 0 Å². The van der Waals surface area contributed by atoms with Gasteiger partial charge in [-0.1, -0.05) is 13.3 Å². The molecule has 0 aromatic rings. The second-order valence-corrected chi connectivity index (χ2v) is 5.72. The van der Waals surface area contributed by atoms with Crippen LogP contribution in [0.1, 0.15) is 40.0 Å². The number of nitrogens with one attached hydrogen (secondary N) is 2. The summed E-state index contributed by atoms with van der Waals surface area (Å²) in [5.74, 6) is 0.786. The highest BCUT2D eigenvalue weighted by atomic mass is 16.2. The summed E-state index contributed by atoms with van der Waals surface area (Å²) in [6.45, 7) is 7.59. The second-order valence-electron chi connectivity index (χ2n) is 5.72. The Morgan fingerprint density at radius 2 is 1.76 bits per heavy atom. The SMILES string of the molecule is CC[C@H]1CN(C(C)=O)CC[C@H]1CC(=O)NCCNC(C)=O. The van der Waals surface area contributed by atoms with Gasteiger partial charge in [0, 0.05) is 46.4 Å². The van der Waals surface area contributed by atoms with Crippen molar-refractivity contribution in [1.29, 1.82) is 0 Å². The molecular weight excluding hydrogens is 270 g/mol. The average molecular weight is 297 g/mol. The van der Waals surface area contributed by atoms with Gasteiger partial charge in [0.25, 0.3) is 0 Å². The van der Waals surface area contributed by atoms with Crippen LogP contribution < -0.4 is 10.6 Å². The molecule has 0 radical (unpaired) electrons. The molecule has 120 valence electrons. The lowest BCUT2D eigenvalue weighted by molar-refractivity contribution is -0.132. The molecule has 2 atom stereocenters. The van der Waals surface area contributed by atoms with Crippen LogP contribution in [0.5, 0.6) is 0 Å². The number of amides is 3. The maximum Gasteiger partial charge on any atom is 0.220 e. The smallest absolute Gasteiger partial charge is 0.220 e. The Labute approximate surface area is 126 Å². The second kappa shape index (κ2) is 8.64. The molecular formula is C15H27N3O3. The summed E-state index contributed by atoms with van der Waals surface area (Å²) in [4.78, 5) is 36.0. The van der Waals surface area contributed by atoms with Gasteiger partial charge in [0.15, 0.2) is 0 Å². The molecule has 3 amide bonds. The lowest BCUT2D eigenvalue weighted by Crippen LogP contribution is -2.44. The lowest BCUT2D eigenvalue weighted by atomic mass is 9.81. The molecule has 0 saturated carbocycles. The average Bonchev–Trinajstić information content (AvgIpc) is 2.43. The first-order valence-electron chi connectivity index (χ1n) is 7.70. The first-order valence-corrected chi connectivity index (χ1v) is 7.70. The van der Waals surface area contributed by atoms with Crippen molar-refractivity contribution in [1.82, 2.24) is 15.5 Å². The minimum atomic E-state index is -0.0908. The molecule has 1 aliphatic heterocycles. The van der Waals surface area contributed by atoms with Crippen LogP contribution in [-0.2, 0) is 14.4 Å². The van der Waals surface area contributed by atoms with Gasteiger partial charge in [0.2, 0.25) is 17.7 Å². The summed E-state index contributed by atoms with van der Waals surface area (Å²) in [6.07, 6.45) is 2.37. The van der Waals surface area contributed by atoms with E-state index in [9.17, 15) is 14.4 Å². The maximum absolute atomic E-state index is 11.9. The summed E-state index contributed by atoms with van der Waals surface area (Å²) in [7, 11) is 0. The zero-order valence-electron chi connectivity index (χ0n) is 13.3. The highest BCUT2D eigenvalue weighted by Gasteiger charge is 2.30. The van der Waals surface area contributed by atoms with Crippen LogP contribution in [0.25, 0.3) is 0 Å². The molecule has 0 unspecified atom stereocenters. The van der Waals surface area contributed by atoms with E-state index in [1.54, 1.807) is 6.92 Å². The first-order chi connectivity index (χ1) is 9.93. The molecule has 2 N–H and O–H groups in total. The maximum atomic E-state index is 11.9. The zero-order chi connectivity index (χ0) is 15.8. The van der Waals surface area contributed by atoms with Crippen LogP contribution in [0, 0.1) is 11.8 Å². The van der Waals surface area contributed by atoms with Gasteiger partial charge in [0.05, 0.1) is 0 Å². The molecule has 1 heterocycles. The summed E-state index contributed by atoms with van der Waals surface area (Å²) in [5.41, 5.74) is 0. The monoisotopic (exact) mass is 297 g/mol. The van der Waals surface area contributed by atoms with E-state index < -0.39 is 0 Å². The van der Waals surface area contributed by atoms with Crippen LogP contribution >= 0.6 is 0 Å². The highest BCUT2D eigenvalue weighted by molar-refractivity contribution is 5.77. The molecule has 0 aromatic carbocycles. The molecule has 6 nitrogen and oxygen atoms in total. The first kappa shape index (κ1) is 17.5. The largest absolute Gasteiger partial charge is 0.355 e. The summed E-state index contributed by atoms with van der Waals surface area (Å²) < 4.78 is 0. The minimum Gasteiger partial charge on any atom is -0.355 e. The number of carbonyl (C=O) groups is 3. The van der Waals surface area contributed by atoms with Gasteiger partial charge in [-0.25, -0.2) is 0 Å². The van der Waals surface area contributed by atoms with Gasteiger partial charge in [0.1, 0.15) is 0 Å². The third kappa shape index (κ3) is 6.14. The molecule has 1 saturated heterocycles. The fourth-order valence-corrected chi connectivity index (χ4v) is 2.85. The Balaban J connectivity index is 2.34. The molecule has 0 bridgehead atoms. The molecule has 1 fully saturated rings. The highest BCUT2D eigenvalue weighted by Crippen LogP contribution is 2.28. The fraction of sp³-hybridized carbons (Fsp3) is 0.800. The number of likely N-dealkylation sites (tertiary alicyclic amines) is 1. The van der Waals surface area contributed by atoms with E-state index in [1.165, 1.54) is 6.92 Å². The summed E-state index contributed by atoms with van der Waals surface area (Å²) in [6, 6.07) is 0. The van der Waals surface area contributed by atoms with E-state index >= 15 is 0 Å². The van der Waals surface area contributed by atoms with Crippen LogP contribution in [-0.4, -0.2) is 48.8 Å². The third-order valence-corrected chi connectivity index (χ3v) is 4.13. The number of piperidine rings is 1. The summed E-state index contributed by atoms with van der Waals surface area (Å²) >= 11 is 0. The molecule has 0 aromatic heterocycles. The molecule has 6 heteroatoms. The van der Waals surface area contributed by atoms with E-state index in [4.69, 9.17) is 0 Å². The lowest BCUT2D eigenvalue weighted by Gasteiger charge is -2.37. The third-order valence-electron chi connectivity index (χ3n) is 4.13. The number of hydrogen-bond acceptors (Lipinski definition) is 3. The van der Waals surface area contributed by atoms with Gasteiger partial charge < -0.3 is 15.5 Å². The van der Waals surface area contributed by atoms with Gasteiger partial charge in [-0.15, -0.1) is 0 Å². The van der Waals surface area contributed by atoms with Crippen molar-refractivity contribution in [3.63, 3.8) is 0 Å². The van der Waals surface area contributed by atoms with Crippen LogP contribution in [0.15, 0.2) is 0 Å². The number of nitrogens with zero attached hydrogens (tertiary/aromatic N) is 1. The molecule has 1 aliphatic rings. The molecule has 0 spiro atoms. The van der Waals surface area contributed by atoms with Crippen molar-refractivity contribution in [2.24, 2.45) is 11.8 Å². The normalized spacial score (nSPS) is 21.8. The summed E-state index contributed by atoms with van der Waals surface area (Å²) in [5, 5.41) is 5.47. The molecule has 0 aliphatic carbocycles. The Hall–Kier alpha value is -1.59. The molecule has 1 rings (SSSR count). The van der Waals surface area contributed by atoms with Crippen molar-refractivity contribution in [2.45, 2.75) is 40.0 Å². The van der Waals surface area contributed by atoms with Crippen molar-refractivity contribution in [3.05, 3.63) is 0 Å². The van der Waals surface area contributed by atoms with E-state index in [0.29, 0.717) is 31.3 Å². The Morgan fingerprint density at radius 1 is 1.10 bits per heavy atom.